The molecule has 2 aromatic carbocycles. The maximum absolute atomic E-state index is 13.1. The molecule has 10 heteroatoms. The first-order valence-electron chi connectivity index (χ1n) is 10.2. The molecule has 1 saturated heterocycles. The van der Waals surface area contributed by atoms with E-state index >= 15 is 0 Å². The number of nitrogens with zero attached hydrogens (tertiary/aromatic N) is 5. The van der Waals surface area contributed by atoms with Gasteiger partial charge < -0.3 is 9.42 Å². The molecule has 166 valence electrons. The predicted molar refractivity (Wildman–Crippen MR) is 121 cm³/mol. The van der Waals surface area contributed by atoms with Gasteiger partial charge in [0.25, 0.3) is 11.6 Å². The first kappa shape index (κ1) is 22.0. The number of hydrogen-bond acceptors (Lipinski definition) is 8. The molecule has 0 radical (unpaired) electrons. The fourth-order valence-corrected chi connectivity index (χ4v) is 4.16. The molecular formula is C22H23N5O4S. The van der Waals surface area contributed by atoms with Gasteiger partial charge in [-0.05, 0) is 25.3 Å². The van der Waals surface area contributed by atoms with Crippen molar-refractivity contribution in [2.45, 2.75) is 17.9 Å². The third-order valence-electron chi connectivity index (χ3n) is 5.61. The van der Waals surface area contributed by atoms with Gasteiger partial charge in [0.1, 0.15) is 5.56 Å². The summed E-state index contributed by atoms with van der Waals surface area (Å²) < 4.78 is 5.48. The molecule has 0 aliphatic carbocycles. The van der Waals surface area contributed by atoms with Gasteiger partial charge in [0.2, 0.25) is 11.7 Å². The normalized spacial score (nSPS) is 15.5. The zero-order chi connectivity index (χ0) is 22.7. The molecule has 0 spiro atoms. The molecule has 1 atom stereocenters. The number of thioether (sulfide) groups is 1. The third kappa shape index (κ3) is 4.51. The summed E-state index contributed by atoms with van der Waals surface area (Å²) in [5, 5.41) is 15.5. The van der Waals surface area contributed by atoms with Gasteiger partial charge in [0.15, 0.2) is 0 Å². The summed E-state index contributed by atoms with van der Waals surface area (Å²) in [5.74, 6) is 0.748. The van der Waals surface area contributed by atoms with Gasteiger partial charge in [-0.25, -0.2) is 0 Å². The SMILES string of the molecule is CSc1ccc([N+](=O)[O-])c(C(=O)N2CCN(C(C)c3nc(-c4ccccc4)no3)CC2)c1. The minimum atomic E-state index is -0.504. The Morgan fingerprint density at radius 2 is 1.88 bits per heavy atom. The minimum absolute atomic E-state index is 0.105. The van der Waals surface area contributed by atoms with E-state index in [9.17, 15) is 14.9 Å². The first-order chi connectivity index (χ1) is 15.5. The van der Waals surface area contributed by atoms with Crippen LogP contribution in [0.15, 0.2) is 57.9 Å². The van der Waals surface area contributed by atoms with Crippen molar-refractivity contribution in [3.63, 3.8) is 0 Å². The summed E-state index contributed by atoms with van der Waals surface area (Å²) in [4.78, 5) is 33.1. The largest absolute Gasteiger partial charge is 0.337 e. The summed E-state index contributed by atoms with van der Waals surface area (Å²) in [6, 6.07) is 14.2. The number of aromatic nitrogens is 2. The zero-order valence-electron chi connectivity index (χ0n) is 17.8. The Kier molecular flexibility index (Phi) is 6.52. The number of rotatable bonds is 6. The Morgan fingerprint density at radius 3 is 2.53 bits per heavy atom. The van der Waals surface area contributed by atoms with Crippen LogP contribution in [0, 0.1) is 10.1 Å². The van der Waals surface area contributed by atoms with E-state index in [1.165, 1.54) is 17.8 Å². The Bertz CT molecular complexity index is 1110. The Labute approximate surface area is 189 Å². The number of nitro benzene ring substituents is 1. The van der Waals surface area contributed by atoms with Crippen LogP contribution in [0.1, 0.15) is 29.2 Å². The average Bonchev–Trinajstić information content (AvgIpc) is 3.33. The quantitative estimate of drug-likeness (QED) is 0.314. The van der Waals surface area contributed by atoms with Crippen LogP contribution in [-0.2, 0) is 0 Å². The van der Waals surface area contributed by atoms with Crippen molar-refractivity contribution in [2.24, 2.45) is 0 Å². The Balaban J connectivity index is 1.43. The smallest absolute Gasteiger partial charge is 0.282 e. The predicted octanol–water partition coefficient (Wildman–Crippen LogP) is 3.89. The second kappa shape index (κ2) is 9.49. The highest BCUT2D eigenvalue weighted by atomic mass is 32.2. The van der Waals surface area contributed by atoms with Crippen molar-refractivity contribution in [3.8, 4) is 11.4 Å². The molecule has 3 aromatic rings. The number of carbonyl (C=O) groups excluding carboxylic acids is 1. The fourth-order valence-electron chi connectivity index (χ4n) is 3.72. The van der Waals surface area contributed by atoms with Gasteiger partial charge in [-0.2, -0.15) is 4.98 Å². The molecule has 0 bridgehead atoms. The number of carbonyl (C=O) groups is 1. The minimum Gasteiger partial charge on any atom is -0.337 e. The molecule has 32 heavy (non-hydrogen) atoms. The van der Waals surface area contributed by atoms with Gasteiger partial charge in [0, 0.05) is 42.7 Å². The summed E-state index contributed by atoms with van der Waals surface area (Å²) in [6.45, 7) is 4.12. The second-order valence-electron chi connectivity index (χ2n) is 7.47. The lowest BCUT2D eigenvalue weighted by Crippen LogP contribution is -2.49. The van der Waals surface area contributed by atoms with E-state index in [1.807, 2.05) is 43.5 Å². The Morgan fingerprint density at radius 1 is 1.16 bits per heavy atom. The lowest BCUT2D eigenvalue weighted by atomic mass is 10.1. The fraction of sp³-hybridized carbons (Fsp3) is 0.318. The summed E-state index contributed by atoms with van der Waals surface area (Å²) in [5.41, 5.74) is 0.856. The molecule has 1 aromatic heterocycles. The van der Waals surface area contributed by atoms with Crippen LogP contribution in [0.2, 0.25) is 0 Å². The molecule has 2 heterocycles. The number of nitro groups is 1. The number of benzene rings is 2. The van der Waals surface area contributed by atoms with E-state index in [0.717, 1.165) is 10.5 Å². The maximum atomic E-state index is 13.1. The zero-order valence-corrected chi connectivity index (χ0v) is 18.6. The van der Waals surface area contributed by atoms with Crippen molar-refractivity contribution in [2.75, 3.05) is 32.4 Å². The number of amides is 1. The lowest BCUT2D eigenvalue weighted by molar-refractivity contribution is -0.385. The van der Waals surface area contributed by atoms with E-state index in [4.69, 9.17) is 4.52 Å². The summed E-state index contributed by atoms with van der Waals surface area (Å²) in [7, 11) is 0. The van der Waals surface area contributed by atoms with Crippen LogP contribution in [0.5, 0.6) is 0 Å². The monoisotopic (exact) mass is 453 g/mol. The van der Waals surface area contributed by atoms with E-state index in [0.29, 0.717) is 37.9 Å². The average molecular weight is 454 g/mol. The first-order valence-corrected chi connectivity index (χ1v) is 11.4. The third-order valence-corrected chi connectivity index (χ3v) is 6.34. The topological polar surface area (TPSA) is 106 Å². The van der Waals surface area contributed by atoms with Crippen LogP contribution in [0.25, 0.3) is 11.4 Å². The van der Waals surface area contributed by atoms with Crippen LogP contribution < -0.4 is 0 Å². The van der Waals surface area contributed by atoms with Crippen molar-refractivity contribution >= 4 is 23.4 Å². The summed E-state index contributed by atoms with van der Waals surface area (Å²) >= 11 is 1.44. The standard InChI is InChI=1S/C22H23N5O4S/c1-15(21-23-20(24-31-21)16-6-4-3-5-7-16)25-10-12-26(13-11-25)22(28)18-14-17(32-2)8-9-19(18)27(29)30/h3-9,14-15H,10-13H2,1-2H3. The van der Waals surface area contributed by atoms with Crippen LogP contribution >= 0.6 is 11.8 Å². The van der Waals surface area contributed by atoms with Crippen molar-refractivity contribution < 1.29 is 14.2 Å². The van der Waals surface area contributed by atoms with Crippen molar-refractivity contribution in [3.05, 3.63) is 70.1 Å². The van der Waals surface area contributed by atoms with E-state index in [2.05, 4.69) is 15.0 Å². The molecule has 1 unspecified atom stereocenters. The molecule has 9 nitrogen and oxygen atoms in total. The van der Waals surface area contributed by atoms with Crippen LogP contribution in [0.3, 0.4) is 0 Å². The molecule has 4 rings (SSSR count). The lowest BCUT2D eigenvalue weighted by Gasteiger charge is -2.36. The summed E-state index contributed by atoms with van der Waals surface area (Å²) in [6.07, 6.45) is 1.87. The second-order valence-corrected chi connectivity index (χ2v) is 8.35. The molecule has 1 aliphatic heterocycles. The number of hydrogen-bond donors (Lipinski definition) is 0. The van der Waals surface area contributed by atoms with E-state index in [-0.39, 0.29) is 23.2 Å². The van der Waals surface area contributed by atoms with Crippen molar-refractivity contribution in [1.29, 1.82) is 0 Å². The Hall–Kier alpha value is -3.24. The van der Waals surface area contributed by atoms with Gasteiger partial charge >= 0.3 is 0 Å². The van der Waals surface area contributed by atoms with Gasteiger partial charge in [-0.1, -0.05) is 35.5 Å². The van der Waals surface area contributed by atoms with Gasteiger partial charge in [0.05, 0.1) is 11.0 Å². The molecule has 1 aliphatic rings. The molecular weight excluding hydrogens is 430 g/mol. The van der Waals surface area contributed by atoms with Crippen LogP contribution in [-0.4, -0.2) is 63.2 Å². The van der Waals surface area contributed by atoms with E-state index in [1.54, 1.807) is 17.0 Å². The highest BCUT2D eigenvalue weighted by molar-refractivity contribution is 7.98. The molecule has 0 N–H and O–H groups in total. The van der Waals surface area contributed by atoms with Gasteiger partial charge in [-0.3, -0.25) is 19.8 Å². The molecule has 1 fully saturated rings. The highest BCUT2D eigenvalue weighted by Crippen LogP contribution is 2.28. The molecule has 0 saturated carbocycles. The highest BCUT2D eigenvalue weighted by Gasteiger charge is 2.31. The van der Waals surface area contributed by atoms with Crippen molar-refractivity contribution in [1.82, 2.24) is 19.9 Å². The maximum Gasteiger partial charge on any atom is 0.282 e. The molecule has 1 amide bonds. The number of piperazine rings is 1. The van der Waals surface area contributed by atoms with E-state index < -0.39 is 4.92 Å². The van der Waals surface area contributed by atoms with Gasteiger partial charge in [-0.15, -0.1) is 11.8 Å². The van der Waals surface area contributed by atoms with Crippen LogP contribution in [0.4, 0.5) is 5.69 Å².